The summed E-state index contributed by atoms with van der Waals surface area (Å²) in [7, 11) is 0. The lowest BCUT2D eigenvalue weighted by atomic mass is 10.2. The fourth-order valence-corrected chi connectivity index (χ4v) is 2.98. The fourth-order valence-electron chi connectivity index (χ4n) is 2.13. The molecule has 0 spiro atoms. The van der Waals surface area contributed by atoms with E-state index in [1.165, 1.54) is 11.8 Å². The van der Waals surface area contributed by atoms with Gasteiger partial charge in [-0.25, -0.2) is 0 Å². The van der Waals surface area contributed by atoms with Crippen LogP contribution < -0.4 is 10.6 Å². The molecule has 0 aliphatic heterocycles. The summed E-state index contributed by atoms with van der Waals surface area (Å²) >= 11 is 1.32. The summed E-state index contributed by atoms with van der Waals surface area (Å²) < 4.78 is 0. The third-order valence-electron chi connectivity index (χ3n) is 3.45. The lowest BCUT2D eigenvalue weighted by molar-refractivity contribution is -0.113. The molecule has 3 N–H and O–H groups in total. The van der Waals surface area contributed by atoms with E-state index in [9.17, 15) is 9.59 Å². The maximum atomic E-state index is 12.2. The number of nitrogens with one attached hydrogen (secondary N) is 2. The molecular formula is C19H22N2O3S. The van der Waals surface area contributed by atoms with Gasteiger partial charge in [0, 0.05) is 23.7 Å². The minimum absolute atomic E-state index is 0.0376. The Bertz CT molecular complexity index is 717. The molecule has 0 saturated heterocycles. The van der Waals surface area contributed by atoms with Crippen molar-refractivity contribution < 1.29 is 14.7 Å². The van der Waals surface area contributed by atoms with Crippen LogP contribution in [0.4, 0.5) is 5.69 Å². The second kappa shape index (κ2) is 9.86. The summed E-state index contributed by atoms with van der Waals surface area (Å²) in [5, 5.41) is 14.4. The topological polar surface area (TPSA) is 78.4 Å². The lowest BCUT2D eigenvalue weighted by Gasteiger charge is -2.10. The molecule has 132 valence electrons. The molecule has 6 heteroatoms. The Morgan fingerprint density at radius 3 is 2.52 bits per heavy atom. The number of aliphatic hydroxyl groups excluding tert-OH is 1. The predicted molar refractivity (Wildman–Crippen MR) is 101 cm³/mol. The first-order valence-corrected chi connectivity index (χ1v) is 9.06. The number of hydrogen-bond acceptors (Lipinski definition) is 4. The number of aryl methyl sites for hydroxylation is 1. The zero-order chi connectivity index (χ0) is 18.1. The number of rotatable bonds is 8. The third kappa shape index (κ3) is 6.25. The van der Waals surface area contributed by atoms with E-state index in [0.717, 1.165) is 16.1 Å². The summed E-state index contributed by atoms with van der Waals surface area (Å²) in [6, 6.07) is 14.8. The number of hydrogen-bond donors (Lipinski definition) is 3. The molecule has 0 atom stereocenters. The fraction of sp³-hybridized carbons (Fsp3) is 0.263. The lowest BCUT2D eigenvalue weighted by Crippen LogP contribution is -2.25. The zero-order valence-corrected chi connectivity index (χ0v) is 14.9. The second-order valence-corrected chi connectivity index (χ2v) is 6.55. The second-order valence-electron chi connectivity index (χ2n) is 5.53. The van der Waals surface area contributed by atoms with Crippen LogP contribution in [0.25, 0.3) is 0 Å². The Morgan fingerprint density at radius 1 is 1.08 bits per heavy atom. The monoisotopic (exact) mass is 358 g/mol. The SMILES string of the molecule is Cc1ccc(NC(=O)CSc2ccccc2C(=O)NCCCO)cc1. The van der Waals surface area contributed by atoms with Crippen LogP contribution in [-0.4, -0.2) is 35.8 Å². The van der Waals surface area contributed by atoms with Crippen molar-refractivity contribution >= 4 is 29.3 Å². The zero-order valence-electron chi connectivity index (χ0n) is 14.1. The molecule has 0 aliphatic rings. The molecule has 0 heterocycles. The van der Waals surface area contributed by atoms with Gasteiger partial charge < -0.3 is 15.7 Å². The highest BCUT2D eigenvalue weighted by atomic mass is 32.2. The van der Waals surface area contributed by atoms with Crippen molar-refractivity contribution in [1.29, 1.82) is 0 Å². The van der Waals surface area contributed by atoms with Gasteiger partial charge >= 0.3 is 0 Å². The van der Waals surface area contributed by atoms with Gasteiger partial charge in [0.25, 0.3) is 5.91 Å². The van der Waals surface area contributed by atoms with Gasteiger partial charge in [0.15, 0.2) is 0 Å². The van der Waals surface area contributed by atoms with Crippen LogP contribution in [0.2, 0.25) is 0 Å². The molecule has 5 nitrogen and oxygen atoms in total. The molecule has 0 aliphatic carbocycles. The van der Waals surface area contributed by atoms with Crippen molar-refractivity contribution in [1.82, 2.24) is 5.32 Å². The molecular weight excluding hydrogens is 336 g/mol. The van der Waals surface area contributed by atoms with Gasteiger partial charge in [0.1, 0.15) is 0 Å². The molecule has 0 aromatic heterocycles. The van der Waals surface area contributed by atoms with Gasteiger partial charge in [-0.3, -0.25) is 9.59 Å². The number of carbonyl (C=O) groups is 2. The Balaban J connectivity index is 1.92. The van der Waals surface area contributed by atoms with Crippen LogP contribution >= 0.6 is 11.8 Å². The molecule has 0 bridgehead atoms. The smallest absolute Gasteiger partial charge is 0.252 e. The molecule has 2 aromatic rings. The van der Waals surface area contributed by atoms with Gasteiger partial charge in [-0.2, -0.15) is 0 Å². The number of benzene rings is 2. The minimum atomic E-state index is -0.199. The van der Waals surface area contributed by atoms with E-state index in [1.807, 2.05) is 43.3 Å². The van der Waals surface area contributed by atoms with Crippen molar-refractivity contribution in [2.24, 2.45) is 0 Å². The van der Waals surface area contributed by atoms with Crippen molar-refractivity contribution in [3.05, 3.63) is 59.7 Å². The number of aliphatic hydroxyl groups is 1. The van der Waals surface area contributed by atoms with E-state index in [0.29, 0.717) is 18.5 Å². The van der Waals surface area contributed by atoms with Crippen LogP contribution in [0.1, 0.15) is 22.3 Å². The molecule has 0 unspecified atom stereocenters. The van der Waals surface area contributed by atoms with Gasteiger partial charge in [-0.1, -0.05) is 29.8 Å². The van der Waals surface area contributed by atoms with E-state index in [-0.39, 0.29) is 24.2 Å². The summed E-state index contributed by atoms with van der Waals surface area (Å²) in [5.41, 5.74) is 2.42. The molecule has 2 aromatic carbocycles. The highest BCUT2D eigenvalue weighted by molar-refractivity contribution is 8.00. The van der Waals surface area contributed by atoms with Crippen molar-refractivity contribution in [2.45, 2.75) is 18.2 Å². The first-order chi connectivity index (χ1) is 12.1. The predicted octanol–water partition coefficient (Wildman–Crippen LogP) is 2.84. The molecule has 0 fully saturated rings. The highest BCUT2D eigenvalue weighted by Crippen LogP contribution is 2.23. The third-order valence-corrected chi connectivity index (χ3v) is 4.52. The summed E-state index contributed by atoms with van der Waals surface area (Å²) in [5.74, 6) is -0.103. The average molecular weight is 358 g/mol. The Labute approximate surface area is 151 Å². The van der Waals surface area contributed by atoms with Gasteiger partial charge in [-0.05, 0) is 37.6 Å². The van der Waals surface area contributed by atoms with Crippen LogP contribution in [0, 0.1) is 6.92 Å². The van der Waals surface area contributed by atoms with Crippen molar-refractivity contribution in [3.63, 3.8) is 0 Å². The van der Waals surface area contributed by atoms with Crippen LogP contribution in [0.5, 0.6) is 0 Å². The van der Waals surface area contributed by atoms with Gasteiger partial charge in [0.05, 0.1) is 11.3 Å². The van der Waals surface area contributed by atoms with E-state index >= 15 is 0 Å². The Kier molecular flexibility index (Phi) is 7.50. The van der Waals surface area contributed by atoms with Crippen molar-refractivity contribution in [2.75, 3.05) is 24.2 Å². The van der Waals surface area contributed by atoms with Crippen LogP contribution in [0.3, 0.4) is 0 Å². The molecule has 2 rings (SSSR count). The summed E-state index contributed by atoms with van der Waals surface area (Å²) in [4.78, 5) is 25.1. The largest absolute Gasteiger partial charge is 0.396 e. The first kappa shape index (κ1) is 19.0. The van der Waals surface area contributed by atoms with E-state index in [2.05, 4.69) is 10.6 Å². The Hall–Kier alpha value is -2.31. The molecule has 2 amide bonds. The minimum Gasteiger partial charge on any atom is -0.396 e. The average Bonchev–Trinajstić information content (AvgIpc) is 2.62. The first-order valence-electron chi connectivity index (χ1n) is 8.07. The standard InChI is InChI=1S/C19H22N2O3S/c1-14-7-9-15(10-8-14)21-18(23)13-25-17-6-3-2-5-16(17)19(24)20-11-4-12-22/h2-3,5-10,22H,4,11-13H2,1H3,(H,20,24)(H,21,23). The van der Waals surface area contributed by atoms with Crippen LogP contribution in [0.15, 0.2) is 53.4 Å². The highest BCUT2D eigenvalue weighted by Gasteiger charge is 2.12. The summed E-state index contributed by atoms with van der Waals surface area (Å²) in [6.45, 7) is 2.45. The van der Waals surface area contributed by atoms with Crippen LogP contribution in [-0.2, 0) is 4.79 Å². The van der Waals surface area contributed by atoms with Gasteiger partial charge in [-0.15, -0.1) is 11.8 Å². The van der Waals surface area contributed by atoms with E-state index < -0.39 is 0 Å². The number of amides is 2. The normalized spacial score (nSPS) is 10.3. The maximum Gasteiger partial charge on any atom is 0.252 e. The summed E-state index contributed by atoms with van der Waals surface area (Å²) in [6.07, 6.45) is 0.514. The quantitative estimate of drug-likeness (QED) is 0.501. The molecule has 25 heavy (non-hydrogen) atoms. The van der Waals surface area contributed by atoms with Gasteiger partial charge in [0.2, 0.25) is 5.91 Å². The van der Waals surface area contributed by atoms with Crippen molar-refractivity contribution in [3.8, 4) is 0 Å². The number of carbonyl (C=O) groups excluding carboxylic acids is 2. The van der Waals surface area contributed by atoms with E-state index in [4.69, 9.17) is 5.11 Å². The Morgan fingerprint density at radius 2 is 1.80 bits per heavy atom. The number of anilines is 1. The van der Waals surface area contributed by atoms with E-state index in [1.54, 1.807) is 12.1 Å². The molecule has 0 radical (unpaired) electrons. The maximum absolute atomic E-state index is 12.2. The molecule has 0 saturated carbocycles. The number of thioether (sulfide) groups is 1.